The number of hydrogen-bond donors (Lipinski definition) is 1. The lowest BCUT2D eigenvalue weighted by Crippen LogP contribution is -2.51. The van der Waals surface area contributed by atoms with E-state index in [2.05, 4.69) is 25.5 Å². The number of nitrogens with zero attached hydrogens (tertiary/aromatic N) is 6. The maximum absolute atomic E-state index is 13.0. The Labute approximate surface area is 172 Å². The molecule has 1 fully saturated rings. The van der Waals surface area contributed by atoms with E-state index in [1.54, 1.807) is 24.1 Å². The fourth-order valence-corrected chi connectivity index (χ4v) is 3.35. The van der Waals surface area contributed by atoms with Gasteiger partial charge in [-0.3, -0.25) is 9.48 Å². The van der Waals surface area contributed by atoms with Crippen LogP contribution in [0.4, 0.5) is 5.82 Å². The van der Waals surface area contributed by atoms with Crippen molar-refractivity contribution in [1.82, 2.24) is 30.2 Å². The van der Waals surface area contributed by atoms with E-state index in [1.807, 2.05) is 37.3 Å². The number of aryl methyl sites for hydroxylation is 1. The van der Waals surface area contributed by atoms with Gasteiger partial charge in [0, 0.05) is 51.2 Å². The zero-order valence-corrected chi connectivity index (χ0v) is 17.4. The second-order valence-corrected chi connectivity index (χ2v) is 6.44. The van der Waals surface area contributed by atoms with Crippen LogP contribution in [-0.2, 0) is 11.8 Å². The van der Waals surface area contributed by atoms with Crippen LogP contribution in [-0.4, -0.2) is 64.0 Å². The zero-order chi connectivity index (χ0) is 17.8. The predicted molar refractivity (Wildman–Crippen MR) is 110 cm³/mol. The summed E-state index contributed by atoms with van der Waals surface area (Å²) in [6.45, 7) is 1.71. The number of anilines is 1. The van der Waals surface area contributed by atoms with Crippen molar-refractivity contribution in [2.75, 3.05) is 32.1 Å². The first-order valence-corrected chi connectivity index (χ1v) is 8.55. The van der Waals surface area contributed by atoms with Gasteiger partial charge in [0.1, 0.15) is 6.04 Å². The largest absolute Gasteiger partial charge is 0.353 e. The molecule has 1 amide bonds. The highest BCUT2D eigenvalue weighted by atomic mass is 35.5. The standard InChI is InChI=1S/C17H25N7O.2ClH/c1-18-16(13-10-20-22(2)11-13)17(25)23(3)14-6-5-9-24(12-14)15-7-4-8-19-21-15;;/h4,7-8,10-11,14,16,18H,5-6,9,12H2,1-3H3;2*1H. The SMILES string of the molecule is CNC(C(=O)N(C)C1CCCN(c2cccnn2)C1)c1cnn(C)c1.Cl.Cl. The van der Waals surface area contributed by atoms with E-state index >= 15 is 0 Å². The van der Waals surface area contributed by atoms with E-state index in [0.29, 0.717) is 0 Å². The molecule has 150 valence electrons. The van der Waals surface area contributed by atoms with Crippen molar-refractivity contribution >= 4 is 36.5 Å². The van der Waals surface area contributed by atoms with Crippen LogP contribution in [0.3, 0.4) is 0 Å². The van der Waals surface area contributed by atoms with Gasteiger partial charge in [0.05, 0.1) is 6.20 Å². The Bertz CT molecular complexity index is 712. The summed E-state index contributed by atoms with van der Waals surface area (Å²) in [4.78, 5) is 17.1. The van der Waals surface area contributed by atoms with Gasteiger partial charge in [-0.15, -0.1) is 29.9 Å². The molecule has 10 heteroatoms. The van der Waals surface area contributed by atoms with Crippen molar-refractivity contribution < 1.29 is 4.79 Å². The van der Waals surface area contributed by atoms with E-state index in [1.165, 1.54) is 0 Å². The van der Waals surface area contributed by atoms with Crippen LogP contribution < -0.4 is 10.2 Å². The lowest BCUT2D eigenvalue weighted by Gasteiger charge is -2.39. The van der Waals surface area contributed by atoms with Gasteiger partial charge in [-0.2, -0.15) is 10.2 Å². The number of carbonyl (C=O) groups excluding carboxylic acids is 1. The predicted octanol–water partition coefficient (Wildman–Crippen LogP) is 1.44. The van der Waals surface area contributed by atoms with Gasteiger partial charge < -0.3 is 15.1 Å². The Morgan fingerprint density at radius 2 is 2.19 bits per heavy atom. The molecule has 2 unspecified atom stereocenters. The molecule has 1 aliphatic heterocycles. The summed E-state index contributed by atoms with van der Waals surface area (Å²) in [5, 5.41) is 15.4. The average Bonchev–Trinajstić information content (AvgIpc) is 3.08. The number of halogens is 2. The molecule has 0 radical (unpaired) electrons. The van der Waals surface area contributed by atoms with Crippen molar-refractivity contribution in [2.45, 2.75) is 24.9 Å². The van der Waals surface area contributed by atoms with Crippen molar-refractivity contribution in [2.24, 2.45) is 7.05 Å². The first-order valence-electron chi connectivity index (χ1n) is 8.55. The van der Waals surface area contributed by atoms with Crippen molar-refractivity contribution in [3.8, 4) is 0 Å². The third-order valence-corrected chi connectivity index (χ3v) is 4.77. The summed E-state index contributed by atoms with van der Waals surface area (Å²) in [6, 6.07) is 3.62. The van der Waals surface area contributed by atoms with E-state index < -0.39 is 0 Å². The van der Waals surface area contributed by atoms with Crippen molar-refractivity contribution in [1.29, 1.82) is 0 Å². The quantitative estimate of drug-likeness (QED) is 0.795. The molecule has 0 saturated carbocycles. The lowest BCUT2D eigenvalue weighted by molar-refractivity contribution is -0.134. The summed E-state index contributed by atoms with van der Waals surface area (Å²) in [7, 11) is 5.54. The molecule has 8 nitrogen and oxygen atoms in total. The Hall–Kier alpha value is -1.90. The summed E-state index contributed by atoms with van der Waals surface area (Å²) < 4.78 is 1.71. The fraction of sp³-hybridized carbons (Fsp3) is 0.529. The van der Waals surface area contributed by atoms with Crippen LogP contribution in [0.1, 0.15) is 24.4 Å². The summed E-state index contributed by atoms with van der Waals surface area (Å²) >= 11 is 0. The number of piperidine rings is 1. The van der Waals surface area contributed by atoms with Crippen molar-refractivity contribution in [3.05, 3.63) is 36.3 Å². The average molecular weight is 416 g/mol. The highest BCUT2D eigenvalue weighted by molar-refractivity contribution is 5.85. The Morgan fingerprint density at radius 1 is 1.41 bits per heavy atom. The Balaban J connectivity index is 0.00000182. The lowest BCUT2D eigenvalue weighted by atomic mass is 10.0. The van der Waals surface area contributed by atoms with E-state index in [0.717, 1.165) is 37.3 Å². The van der Waals surface area contributed by atoms with Crippen molar-refractivity contribution in [3.63, 3.8) is 0 Å². The number of aromatic nitrogens is 4. The molecule has 1 saturated heterocycles. The Morgan fingerprint density at radius 3 is 2.78 bits per heavy atom. The van der Waals surface area contributed by atoms with E-state index in [9.17, 15) is 4.79 Å². The van der Waals surface area contributed by atoms with Gasteiger partial charge in [-0.1, -0.05) is 0 Å². The third-order valence-electron chi connectivity index (χ3n) is 4.77. The molecular formula is C17H27Cl2N7O. The molecule has 2 atom stereocenters. The number of rotatable bonds is 5. The first kappa shape index (κ1) is 23.1. The van der Waals surface area contributed by atoms with Gasteiger partial charge in [-0.05, 0) is 32.0 Å². The molecule has 27 heavy (non-hydrogen) atoms. The molecular weight excluding hydrogens is 389 g/mol. The summed E-state index contributed by atoms with van der Waals surface area (Å²) in [5.41, 5.74) is 0.878. The van der Waals surface area contributed by atoms with Crippen LogP contribution in [0.2, 0.25) is 0 Å². The fourth-order valence-electron chi connectivity index (χ4n) is 3.35. The summed E-state index contributed by atoms with van der Waals surface area (Å²) in [6.07, 6.45) is 7.30. The molecule has 2 aromatic rings. The minimum absolute atomic E-state index is 0. The maximum Gasteiger partial charge on any atom is 0.244 e. The normalized spacial score (nSPS) is 17.4. The van der Waals surface area contributed by atoms with Gasteiger partial charge in [0.15, 0.2) is 5.82 Å². The first-order chi connectivity index (χ1) is 12.1. The van der Waals surface area contributed by atoms with Gasteiger partial charge in [0.2, 0.25) is 5.91 Å². The third kappa shape index (κ3) is 5.31. The number of nitrogens with one attached hydrogen (secondary N) is 1. The molecule has 0 spiro atoms. The number of hydrogen-bond acceptors (Lipinski definition) is 6. The zero-order valence-electron chi connectivity index (χ0n) is 15.8. The minimum Gasteiger partial charge on any atom is -0.353 e. The van der Waals surface area contributed by atoms with E-state index in [-0.39, 0.29) is 42.8 Å². The highest BCUT2D eigenvalue weighted by Gasteiger charge is 2.31. The van der Waals surface area contributed by atoms with Gasteiger partial charge >= 0.3 is 0 Å². The molecule has 0 aromatic carbocycles. The molecule has 3 heterocycles. The minimum atomic E-state index is -0.384. The second kappa shape index (κ2) is 10.4. The smallest absolute Gasteiger partial charge is 0.244 e. The monoisotopic (exact) mass is 415 g/mol. The van der Waals surface area contributed by atoms with Crippen LogP contribution in [0, 0.1) is 0 Å². The summed E-state index contributed by atoms with van der Waals surface area (Å²) in [5.74, 6) is 0.923. The van der Waals surface area contributed by atoms with Crippen LogP contribution >= 0.6 is 24.8 Å². The number of likely N-dealkylation sites (N-methyl/N-ethyl adjacent to an activating group) is 2. The van der Waals surface area contributed by atoms with Gasteiger partial charge in [-0.25, -0.2) is 0 Å². The molecule has 1 N–H and O–H groups in total. The van der Waals surface area contributed by atoms with E-state index in [4.69, 9.17) is 0 Å². The topological polar surface area (TPSA) is 79.2 Å². The second-order valence-electron chi connectivity index (χ2n) is 6.44. The maximum atomic E-state index is 13.0. The molecule has 2 aromatic heterocycles. The van der Waals surface area contributed by atoms with Crippen LogP contribution in [0.15, 0.2) is 30.7 Å². The molecule has 0 bridgehead atoms. The number of carbonyl (C=O) groups is 1. The number of amides is 1. The van der Waals surface area contributed by atoms with Crippen LogP contribution in [0.25, 0.3) is 0 Å². The molecule has 1 aliphatic rings. The highest BCUT2D eigenvalue weighted by Crippen LogP contribution is 2.22. The Kier molecular flexibility index (Phi) is 8.95. The van der Waals surface area contributed by atoms with Crippen LogP contribution in [0.5, 0.6) is 0 Å². The molecule has 0 aliphatic carbocycles. The van der Waals surface area contributed by atoms with Gasteiger partial charge in [0.25, 0.3) is 0 Å². The molecule has 3 rings (SSSR count).